The third-order valence-electron chi connectivity index (χ3n) is 4.72. The van der Waals surface area contributed by atoms with E-state index in [0.717, 1.165) is 24.3 Å². The van der Waals surface area contributed by atoms with Crippen molar-refractivity contribution >= 4 is 11.9 Å². The second-order valence-electron chi connectivity index (χ2n) is 8.70. The van der Waals surface area contributed by atoms with Crippen LogP contribution in [0, 0.1) is 0 Å². The number of likely N-dealkylation sites (tertiary alicyclic amines) is 1. The van der Waals surface area contributed by atoms with Gasteiger partial charge in [0.2, 0.25) is 0 Å². The zero-order chi connectivity index (χ0) is 19.5. The minimum Gasteiger partial charge on any atom is -0.443 e. The molecule has 0 N–H and O–H groups in total. The van der Waals surface area contributed by atoms with E-state index < -0.39 is 5.60 Å². The maximum absolute atomic E-state index is 12.9. The highest BCUT2D eigenvalue weighted by Crippen LogP contribution is 2.37. The molecule has 26 heavy (non-hydrogen) atoms. The first-order chi connectivity index (χ1) is 12.1. The smallest absolute Gasteiger partial charge is 0.416 e. The van der Waals surface area contributed by atoms with Gasteiger partial charge in [-0.25, -0.2) is 9.78 Å². The molecular formula is C21H35N3O2. The number of piperidine rings is 1. The zero-order valence-corrected chi connectivity index (χ0v) is 17.5. The largest absolute Gasteiger partial charge is 0.443 e. The highest BCUT2D eigenvalue weighted by atomic mass is 16.6. The van der Waals surface area contributed by atoms with Crippen LogP contribution in [0.4, 0.5) is 10.6 Å². The Hall–Kier alpha value is -1.62. The van der Waals surface area contributed by atoms with Gasteiger partial charge in [-0.1, -0.05) is 12.5 Å². The number of hydrogen-bond donors (Lipinski definition) is 0. The maximum atomic E-state index is 12.9. The summed E-state index contributed by atoms with van der Waals surface area (Å²) in [5.74, 6) is 0.731. The summed E-state index contributed by atoms with van der Waals surface area (Å²) in [6.07, 6.45) is 4.96. The first-order valence-electron chi connectivity index (χ1n) is 9.84. The van der Waals surface area contributed by atoms with Crippen LogP contribution in [0.3, 0.4) is 0 Å². The molecule has 0 aromatic carbocycles. The van der Waals surface area contributed by atoms with Crippen molar-refractivity contribution in [2.45, 2.75) is 91.5 Å². The normalized spacial score (nSPS) is 19.0. The molecule has 2 heterocycles. The number of ether oxygens (including phenoxy) is 1. The van der Waals surface area contributed by atoms with E-state index in [1.807, 2.05) is 40.7 Å². The molecule has 5 heteroatoms. The lowest BCUT2D eigenvalue weighted by atomic mass is 9.94. The Balaban J connectivity index is 2.43. The Labute approximate surface area is 158 Å². The van der Waals surface area contributed by atoms with Crippen LogP contribution in [0.2, 0.25) is 0 Å². The number of amides is 1. The quantitative estimate of drug-likeness (QED) is 0.742. The zero-order valence-electron chi connectivity index (χ0n) is 17.5. The molecule has 0 aliphatic carbocycles. The van der Waals surface area contributed by atoms with Gasteiger partial charge in [0.1, 0.15) is 11.4 Å². The fourth-order valence-corrected chi connectivity index (χ4v) is 3.63. The molecule has 0 spiro atoms. The summed E-state index contributed by atoms with van der Waals surface area (Å²) in [7, 11) is 0. The van der Waals surface area contributed by atoms with Gasteiger partial charge in [-0.2, -0.15) is 0 Å². The molecule has 1 aliphatic rings. The molecule has 1 amide bonds. The molecule has 0 radical (unpaired) electrons. The number of anilines is 1. The first-order valence-corrected chi connectivity index (χ1v) is 9.84. The van der Waals surface area contributed by atoms with Gasteiger partial charge in [0, 0.05) is 29.9 Å². The monoisotopic (exact) mass is 361 g/mol. The summed E-state index contributed by atoms with van der Waals surface area (Å²) in [5, 5.41) is 0. The second-order valence-corrected chi connectivity index (χ2v) is 8.70. The molecule has 0 unspecified atom stereocenters. The van der Waals surface area contributed by atoms with Gasteiger partial charge in [-0.05, 0) is 73.9 Å². The Kier molecular flexibility index (Phi) is 6.67. The summed E-state index contributed by atoms with van der Waals surface area (Å²) in [6, 6.07) is 4.81. The summed E-state index contributed by atoms with van der Waals surface area (Å²) >= 11 is 0. The van der Waals surface area contributed by atoms with E-state index in [9.17, 15) is 4.79 Å². The number of carbonyl (C=O) groups excluding carboxylic acids is 1. The average Bonchev–Trinajstić information content (AvgIpc) is 2.53. The molecule has 1 saturated heterocycles. The molecule has 5 nitrogen and oxygen atoms in total. The molecule has 146 valence electrons. The number of aromatic nitrogens is 1. The number of pyridine rings is 1. The standard InChI is InChI=1S/C21H35N3O2/c1-15(2)23-14-9-8-12-18(23)17-11-10-13-22-19(17)24(16(3)4)20(25)26-21(5,6)7/h10-11,13,15-16,18H,8-9,12,14H2,1-7H3/t18-/m0/s1. The molecule has 1 aliphatic heterocycles. The Bertz CT molecular complexity index is 608. The van der Waals surface area contributed by atoms with E-state index in [0.29, 0.717) is 6.04 Å². The van der Waals surface area contributed by atoms with Gasteiger partial charge in [0.25, 0.3) is 0 Å². The molecular weight excluding hydrogens is 326 g/mol. The van der Waals surface area contributed by atoms with Crippen LogP contribution in [0.25, 0.3) is 0 Å². The van der Waals surface area contributed by atoms with Crippen molar-refractivity contribution in [3.05, 3.63) is 23.9 Å². The summed E-state index contributed by atoms with van der Waals surface area (Å²) in [5.41, 5.74) is 0.592. The van der Waals surface area contributed by atoms with Crippen molar-refractivity contribution < 1.29 is 9.53 Å². The third kappa shape index (κ3) is 4.97. The Morgan fingerprint density at radius 2 is 1.96 bits per heavy atom. The minimum absolute atomic E-state index is 0.0328. The Morgan fingerprint density at radius 3 is 2.54 bits per heavy atom. The van der Waals surface area contributed by atoms with Crippen LogP contribution >= 0.6 is 0 Å². The Morgan fingerprint density at radius 1 is 1.27 bits per heavy atom. The van der Waals surface area contributed by atoms with E-state index >= 15 is 0 Å². The number of carbonyl (C=O) groups is 1. The lowest BCUT2D eigenvalue weighted by Gasteiger charge is -2.40. The lowest BCUT2D eigenvalue weighted by molar-refractivity contribution is 0.0567. The number of rotatable bonds is 4. The third-order valence-corrected chi connectivity index (χ3v) is 4.72. The van der Waals surface area contributed by atoms with E-state index in [4.69, 9.17) is 4.74 Å². The van der Waals surface area contributed by atoms with Crippen LogP contribution < -0.4 is 4.90 Å². The van der Waals surface area contributed by atoms with Crippen molar-refractivity contribution in [3.63, 3.8) is 0 Å². The van der Waals surface area contributed by atoms with Crippen molar-refractivity contribution in [3.8, 4) is 0 Å². The van der Waals surface area contributed by atoms with Crippen molar-refractivity contribution in [1.29, 1.82) is 0 Å². The summed E-state index contributed by atoms with van der Waals surface area (Å²) < 4.78 is 5.67. The van der Waals surface area contributed by atoms with Crippen molar-refractivity contribution in [2.24, 2.45) is 0 Å². The minimum atomic E-state index is -0.534. The van der Waals surface area contributed by atoms with Crippen molar-refractivity contribution in [1.82, 2.24) is 9.88 Å². The van der Waals surface area contributed by atoms with Gasteiger partial charge < -0.3 is 4.74 Å². The van der Waals surface area contributed by atoms with Crippen molar-refractivity contribution in [2.75, 3.05) is 11.4 Å². The molecule has 1 aromatic rings. The van der Waals surface area contributed by atoms with E-state index in [2.05, 4.69) is 29.8 Å². The topological polar surface area (TPSA) is 45.7 Å². The van der Waals surface area contributed by atoms with E-state index in [1.54, 1.807) is 11.1 Å². The van der Waals surface area contributed by atoms with Gasteiger partial charge in [-0.15, -0.1) is 0 Å². The fraction of sp³-hybridized carbons (Fsp3) is 0.714. The predicted molar refractivity (Wildman–Crippen MR) is 107 cm³/mol. The first kappa shape index (κ1) is 20.7. The highest BCUT2D eigenvalue weighted by molar-refractivity contribution is 5.88. The molecule has 2 rings (SSSR count). The second kappa shape index (κ2) is 8.38. The number of hydrogen-bond acceptors (Lipinski definition) is 4. The van der Waals surface area contributed by atoms with Crippen LogP contribution in [0.1, 0.15) is 79.3 Å². The highest BCUT2D eigenvalue weighted by Gasteiger charge is 2.33. The van der Waals surface area contributed by atoms with Crippen LogP contribution in [0.5, 0.6) is 0 Å². The van der Waals surface area contributed by atoms with Gasteiger partial charge in [0.15, 0.2) is 0 Å². The summed E-state index contributed by atoms with van der Waals surface area (Å²) in [4.78, 5) is 21.7. The lowest BCUT2D eigenvalue weighted by Crippen LogP contribution is -2.44. The molecule has 1 aromatic heterocycles. The van der Waals surface area contributed by atoms with Gasteiger partial charge in [-0.3, -0.25) is 9.80 Å². The maximum Gasteiger partial charge on any atom is 0.416 e. The van der Waals surface area contributed by atoms with Crippen LogP contribution in [0.15, 0.2) is 18.3 Å². The number of nitrogens with zero attached hydrogens (tertiary/aromatic N) is 3. The molecule has 0 saturated carbocycles. The molecule has 1 fully saturated rings. The molecule has 1 atom stereocenters. The van der Waals surface area contributed by atoms with Crippen LogP contribution in [-0.2, 0) is 4.74 Å². The summed E-state index contributed by atoms with van der Waals surface area (Å²) in [6.45, 7) is 15.3. The van der Waals surface area contributed by atoms with Crippen LogP contribution in [-0.4, -0.2) is 40.2 Å². The van der Waals surface area contributed by atoms with Gasteiger partial charge in [0.05, 0.1) is 0 Å². The molecule has 0 bridgehead atoms. The van der Waals surface area contributed by atoms with E-state index in [1.165, 1.54) is 12.8 Å². The van der Waals surface area contributed by atoms with E-state index in [-0.39, 0.29) is 18.2 Å². The van der Waals surface area contributed by atoms with Gasteiger partial charge >= 0.3 is 6.09 Å². The average molecular weight is 362 g/mol. The fourth-order valence-electron chi connectivity index (χ4n) is 3.63. The predicted octanol–water partition coefficient (Wildman–Crippen LogP) is 5.17. The SMILES string of the molecule is CC(C)N(C(=O)OC(C)(C)C)c1ncccc1[C@@H]1CCCCN1C(C)C.